The van der Waals surface area contributed by atoms with Crippen molar-refractivity contribution in [1.29, 1.82) is 0 Å². The third kappa shape index (κ3) is 2.52. The van der Waals surface area contributed by atoms with Crippen molar-refractivity contribution in [3.63, 3.8) is 0 Å². The Morgan fingerprint density at radius 3 is 2.63 bits per heavy atom. The third-order valence-electron chi connectivity index (χ3n) is 3.71. The van der Waals surface area contributed by atoms with Crippen molar-refractivity contribution in [2.24, 2.45) is 0 Å². The van der Waals surface area contributed by atoms with Crippen molar-refractivity contribution in [3.8, 4) is 5.75 Å². The van der Waals surface area contributed by atoms with Crippen LogP contribution in [0.5, 0.6) is 5.75 Å². The minimum absolute atomic E-state index is 0.0575. The predicted molar refractivity (Wildman–Crippen MR) is 69.9 cm³/mol. The molecule has 0 aromatic heterocycles. The van der Waals surface area contributed by atoms with Gasteiger partial charge >= 0.3 is 0 Å². The highest BCUT2D eigenvalue weighted by Gasteiger charge is 2.40. The second-order valence-electron chi connectivity index (χ2n) is 5.04. The lowest BCUT2D eigenvalue weighted by atomic mass is 9.96. The molecule has 1 N–H and O–H groups in total. The molecule has 0 amide bonds. The van der Waals surface area contributed by atoms with E-state index in [4.69, 9.17) is 14.2 Å². The molecule has 19 heavy (non-hydrogen) atoms. The van der Waals surface area contributed by atoms with Gasteiger partial charge in [-0.15, -0.1) is 0 Å². The summed E-state index contributed by atoms with van der Waals surface area (Å²) in [7, 11) is 1.65. The Labute approximate surface area is 112 Å². The first kappa shape index (κ1) is 12.7. The van der Waals surface area contributed by atoms with E-state index in [1.807, 2.05) is 36.4 Å². The summed E-state index contributed by atoms with van der Waals surface area (Å²) in [6.45, 7) is 0.483. The van der Waals surface area contributed by atoms with E-state index in [-0.39, 0.29) is 6.10 Å². The summed E-state index contributed by atoms with van der Waals surface area (Å²) in [6.07, 6.45) is 4.79. The minimum Gasteiger partial charge on any atom is -0.497 e. The van der Waals surface area contributed by atoms with Crippen molar-refractivity contribution in [1.82, 2.24) is 0 Å². The highest BCUT2D eigenvalue weighted by molar-refractivity contribution is 5.31. The van der Waals surface area contributed by atoms with Crippen molar-refractivity contribution in [2.45, 2.75) is 30.8 Å². The average molecular weight is 262 g/mol. The fourth-order valence-corrected chi connectivity index (χ4v) is 2.58. The number of methoxy groups -OCH3 is 1. The van der Waals surface area contributed by atoms with E-state index in [1.165, 1.54) is 0 Å². The number of rotatable bonds is 2. The Balaban J connectivity index is 1.73. The molecule has 4 nitrogen and oxygen atoms in total. The second kappa shape index (κ2) is 4.96. The fraction of sp³-hybridized carbons (Fsp3) is 0.467. The monoisotopic (exact) mass is 262 g/mol. The molecule has 1 aromatic carbocycles. The molecule has 0 bridgehead atoms. The molecule has 2 aliphatic rings. The maximum atomic E-state index is 9.46. The Hall–Kier alpha value is -1.36. The van der Waals surface area contributed by atoms with E-state index in [1.54, 1.807) is 7.11 Å². The van der Waals surface area contributed by atoms with Crippen LogP contribution in [0, 0.1) is 0 Å². The Bertz CT molecular complexity index is 468. The minimum atomic E-state index is -0.661. The lowest BCUT2D eigenvalue weighted by Crippen LogP contribution is -2.36. The van der Waals surface area contributed by atoms with Crippen LogP contribution in [0.2, 0.25) is 0 Å². The molecule has 0 saturated carbocycles. The highest BCUT2D eigenvalue weighted by Crippen LogP contribution is 2.37. The zero-order chi connectivity index (χ0) is 13.3. The summed E-state index contributed by atoms with van der Waals surface area (Å²) >= 11 is 0. The first-order valence-corrected chi connectivity index (χ1v) is 6.52. The van der Waals surface area contributed by atoms with Crippen LogP contribution in [0.1, 0.15) is 24.5 Å². The van der Waals surface area contributed by atoms with Crippen LogP contribution in [0.4, 0.5) is 0 Å². The normalized spacial score (nSPS) is 33.8. The topological polar surface area (TPSA) is 47.9 Å². The molecule has 1 fully saturated rings. The van der Waals surface area contributed by atoms with Crippen LogP contribution in [0.25, 0.3) is 0 Å². The molecule has 3 rings (SSSR count). The third-order valence-corrected chi connectivity index (χ3v) is 3.71. The quantitative estimate of drug-likeness (QED) is 0.830. The summed E-state index contributed by atoms with van der Waals surface area (Å²) < 4.78 is 16.5. The molecule has 0 aliphatic carbocycles. The molecule has 102 valence electrons. The van der Waals surface area contributed by atoms with E-state index in [0.717, 1.165) is 17.7 Å². The van der Waals surface area contributed by atoms with E-state index >= 15 is 0 Å². The summed E-state index contributed by atoms with van der Waals surface area (Å²) in [5.74, 6) is 0.835. The summed E-state index contributed by atoms with van der Waals surface area (Å²) in [5.41, 5.74) is 0.660. The Morgan fingerprint density at radius 1 is 1.32 bits per heavy atom. The molecule has 2 aliphatic heterocycles. The molecule has 1 aromatic rings. The van der Waals surface area contributed by atoms with E-state index in [9.17, 15) is 5.11 Å². The number of hydrogen-bond acceptors (Lipinski definition) is 4. The first-order chi connectivity index (χ1) is 9.21. The maximum Gasteiger partial charge on any atom is 0.155 e. The van der Waals surface area contributed by atoms with E-state index in [2.05, 4.69) is 0 Å². The molecule has 1 spiro atoms. The van der Waals surface area contributed by atoms with Crippen LogP contribution < -0.4 is 4.74 Å². The molecule has 2 heterocycles. The van der Waals surface area contributed by atoms with Crippen molar-refractivity contribution in [3.05, 3.63) is 42.0 Å². The van der Waals surface area contributed by atoms with Gasteiger partial charge in [0.25, 0.3) is 0 Å². The van der Waals surface area contributed by atoms with Gasteiger partial charge in [-0.05, 0) is 24.1 Å². The van der Waals surface area contributed by atoms with Gasteiger partial charge in [0.05, 0.1) is 13.7 Å². The highest BCUT2D eigenvalue weighted by atomic mass is 16.6. The molecule has 1 saturated heterocycles. The van der Waals surface area contributed by atoms with E-state index < -0.39 is 11.9 Å². The number of hydrogen-bond donors (Lipinski definition) is 1. The van der Waals surface area contributed by atoms with Crippen LogP contribution in [-0.2, 0) is 9.47 Å². The van der Waals surface area contributed by atoms with Crippen LogP contribution in [-0.4, -0.2) is 30.7 Å². The van der Waals surface area contributed by atoms with Gasteiger partial charge in [-0.1, -0.05) is 24.3 Å². The van der Waals surface area contributed by atoms with Gasteiger partial charge in [0, 0.05) is 6.42 Å². The summed E-state index contributed by atoms with van der Waals surface area (Å²) in [6, 6.07) is 7.84. The smallest absolute Gasteiger partial charge is 0.155 e. The van der Waals surface area contributed by atoms with Crippen LogP contribution in [0.3, 0.4) is 0 Å². The second-order valence-corrected chi connectivity index (χ2v) is 5.04. The zero-order valence-corrected chi connectivity index (χ0v) is 10.9. The number of benzene rings is 1. The standard InChI is InChI=1S/C15H18O4/c1-17-12-4-2-11(3-5-12)13-6-8-15(10-18-13)9-7-14(16)19-15/h2-6,8,13-14,16H,7,9-10H2,1H3/t13-,14?,15-/m0/s1. The maximum absolute atomic E-state index is 9.46. The fourth-order valence-electron chi connectivity index (χ4n) is 2.58. The van der Waals surface area contributed by atoms with Crippen molar-refractivity contribution < 1.29 is 19.3 Å². The van der Waals surface area contributed by atoms with Gasteiger partial charge in [-0.2, -0.15) is 0 Å². The number of ether oxygens (including phenoxy) is 3. The van der Waals surface area contributed by atoms with Crippen molar-refractivity contribution >= 4 is 0 Å². The Kier molecular flexibility index (Phi) is 3.31. The average Bonchev–Trinajstić information content (AvgIpc) is 2.81. The van der Waals surface area contributed by atoms with Crippen LogP contribution in [0.15, 0.2) is 36.4 Å². The van der Waals surface area contributed by atoms with E-state index in [0.29, 0.717) is 13.0 Å². The molecular weight excluding hydrogens is 244 g/mol. The van der Waals surface area contributed by atoms with Gasteiger partial charge in [0.1, 0.15) is 17.5 Å². The largest absolute Gasteiger partial charge is 0.497 e. The molecule has 1 unspecified atom stereocenters. The van der Waals surface area contributed by atoms with Gasteiger partial charge in [0.15, 0.2) is 6.29 Å². The van der Waals surface area contributed by atoms with Gasteiger partial charge in [0.2, 0.25) is 0 Å². The predicted octanol–water partition coefficient (Wildman–Crippen LogP) is 2.19. The van der Waals surface area contributed by atoms with Crippen LogP contribution >= 0.6 is 0 Å². The van der Waals surface area contributed by atoms with Gasteiger partial charge in [-0.3, -0.25) is 0 Å². The summed E-state index contributed by atoms with van der Waals surface area (Å²) in [4.78, 5) is 0. The SMILES string of the molecule is COc1ccc([C@@H]2C=C[C@]3(CCC(O)O3)CO2)cc1. The molecular formula is C15H18O4. The van der Waals surface area contributed by atoms with Gasteiger partial charge in [-0.25, -0.2) is 0 Å². The zero-order valence-electron chi connectivity index (χ0n) is 10.9. The number of aliphatic hydroxyl groups is 1. The number of aliphatic hydroxyl groups excluding tert-OH is 1. The summed E-state index contributed by atoms with van der Waals surface area (Å²) in [5, 5.41) is 9.46. The first-order valence-electron chi connectivity index (χ1n) is 6.52. The molecule has 3 atom stereocenters. The molecule has 0 radical (unpaired) electrons. The molecule has 4 heteroatoms. The Morgan fingerprint density at radius 2 is 2.11 bits per heavy atom. The lowest BCUT2D eigenvalue weighted by molar-refractivity contribution is -0.150. The lowest BCUT2D eigenvalue weighted by Gasteiger charge is -2.31. The van der Waals surface area contributed by atoms with Gasteiger partial charge < -0.3 is 19.3 Å². The van der Waals surface area contributed by atoms with Crippen molar-refractivity contribution in [2.75, 3.05) is 13.7 Å².